The summed E-state index contributed by atoms with van der Waals surface area (Å²) in [5.74, 6) is 6.01. The average molecular weight is 347 g/mol. The summed E-state index contributed by atoms with van der Waals surface area (Å²) in [6, 6.07) is 11.1. The van der Waals surface area contributed by atoms with Crippen molar-refractivity contribution < 1.29 is 4.39 Å². The highest BCUT2D eigenvalue weighted by atomic mass is 19.1. The molecule has 0 atom stereocenters. The van der Waals surface area contributed by atoms with Crippen LogP contribution in [0.3, 0.4) is 0 Å². The molecule has 4 rings (SSSR count). The zero-order chi connectivity index (χ0) is 17.8. The lowest BCUT2D eigenvalue weighted by Crippen LogP contribution is -2.12. The molecule has 0 unspecified atom stereocenters. The molecule has 1 saturated carbocycles. The maximum Gasteiger partial charge on any atom is 0.140 e. The molecule has 1 aliphatic rings. The first-order chi connectivity index (χ1) is 12.8. The Hall–Kier alpha value is -2.80. The van der Waals surface area contributed by atoms with Crippen LogP contribution in [0, 0.1) is 17.7 Å². The lowest BCUT2D eigenvalue weighted by molar-refractivity contribution is 0.359. The van der Waals surface area contributed by atoms with Gasteiger partial charge in [0.05, 0.1) is 6.54 Å². The van der Waals surface area contributed by atoms with E-state index in [1.54, 1.807) is 12.1 Å². The van der Waals surface area contributed by atoms with Gasteiger partial charge >= 0.3 is 0 Å². The molecule has 2 aromatic heterocycles. The van der Waals surface area contributed by atoms with Gasteiger partial charge in [0, 0.05) is 35.1 Å². The molecule has 0 saturated heterocycles. The highest BCUT2D eigenvalue weighted by Crippen LogP contribution is 2.30. The van der Waals surface area contributed by atoms with Crippen LogP contribution in [-0.4, -0.2) is 16.1 Å². The summed E-state index contributed by atoms with van der Waals surface area (Å²) in [5, 5.41) is 4.31. The van der Waals surface area contributed by atoms with E-state index in [1.807, 2.05) is 6.20 Å². The van der Waals surface area contributed by atoms with Crippen molar-refractivity contribution in [1.29, 1.82) is 0 Å². The fourth-order valence-corrected chi connectivity index (χ4v) is 3.63. The third kappa shape index (κ3) is 3.72. The van der Waals surface area contributed by atoms with Crippen molar-refractivity contribution in [2.75, 3.05) is 11.9 Å². The van der Waals surface area contributed by atoms with Gasteiger partial charge in [-0.05, 0) is 49.2 Å². The standard InChI is InChI=1S/C22H22FN3/c23-19-8-10-20(11-9-19)24-13-4-5-17-15-18-12-14-26(22(18)25-16-17)21-6-2-1-3-7-21/h8-12,14-16,21,24H,1-3,6-7,13H2. The third-order valence-corrected chi connectivity index (χ3v) is 4.98. The summed E-state index contributed by atoms with van der Waals surface area (Å²) >= 11 is 0. The summed E-state index contributed by atoms with van der Waals surface area (Å²) < 4.78 is 15.2. The van der Waals surface area contributed by atoms with E-state index in [1.165, 1.54) is 44.2 Å². The van der Waals surface area contributed by atoms with Crippen LogP contribution in [0.4, 0.5) is 10.1 Å². The van der Waals surface area contributed by atoms with Crippen LogP contribution in [0.25, 0.3) is 11.0 Å². The normalized spacial score (nSPS) is 14.8. The van der Waals surface area contributed by atoms with Gasteiger partial charge < -0.3 is 9.88 Å². The fraction of sp³-hybridized carbons (Fsp3) is 0.318. The molecular weight excluding hydrogens is 325 g/mol. The minimum absolute atomic E-state index is 0.235. The number of anilines is 1. The number of pyridine rings is 1. The second-order valence-electron chi connectivity index (χ2n) is 6.81. The van der Waals surface area contributed by atoms with Crippen LogP contribution in [0.15, 0.2) is 48.8 Å². The van der Waals surface area contributed by atoms with E-state index in [9.17, 15) is 4.39 Å². The average Bonchev–Trinajstić information content (AvgIpc) is 3.10. The molecule has 0 spiro atoms. The Kier molecular flexibility index (Phi) is 4.88. The summed E-state index contributed by atoms with van der Waals surface area (Å²) in [7, 11) is 0. The number of benzene rings is 1. The zero-order valence-electron chi connectivity index (χ0n) is 14.7. The number of rotatable bonds is 3. The molecule has 3 nitrogen and oxygen atoms in total. The molecule has 4 heteroatoms. The van der Waals surface area contributed by atoms with Gasteiger partial charge in [-0.3, -0.25) is 0 Å². The van der Waals surface area contributed by atoms with Crippen molar-refractivity contribution in [2.45, 2.75) is 38.1 Å². The van der Waals surface area contributed by atoms with Crippen LogP contribution in [0.1, 0.15) is 43.7 Å². The molecule has 26 heavy (non-hydrogen) atoms. The van der Waals surface area contributed by atoms with Gasteiger partial charge in [-0.1, -0.05) is 31.1 Å². The minimum atomic E-state index is -0.235. The number of nitrogens with one attached hydrogen (secondary N) is 1. The van der Waals surface area contributed by atoms with Gasteiger partial charge in [0.15, 0.2) is 0 Å². The number of nitrogens with zero attached hydrogens (tertiary/aromatic N) is 2. The Morgan fingerprint density at radius 1 is 1.12 bits per heavy atom. The Bertz CT molecular complexity index is 941. The number of fused-ring (bicyclic) bond motifs is 1. The van der Waals surface area contributed by atoms with E-state index in [4.69, 9.17) is 0 Å². The first kappa shape index (κ1) is 16.7. The molecular formula is C22H22FN3. The Morgan fingerprint density at radius 2 is 1.92 bits per heavy atom. The van der Waals surface area contributed by atoms with Crippen LogP contribution in [0.2, 0.25) is 0 Å². The first-order valence-corrected chi connectivity index (χ1v) is 9.24. The van der Waals surface area contributed by atoms with Gasteiger partial charge in [0.25, 0.3) is 0 Å². The van der Waals surface area contributed by atoms with E-state index in [0.717, 1.165) is 22.3 Å². The molecule has 3 aromatic rings. The summed E-state index contributed by atoms with van der Waals surface area (Å²) in [5.41, 5.74) is 2.84. The fourth-order valence-electron chi connectivity index (χ4n) is 3.63. The smallest absolute Gasteiger partial charge is 0.140 e. The lowest BCUT2D eigenvalue weighted by Gasteiger charge is -2.23. The Balaban J connectivity index is 1.44. The molecule has 2 heterocycles. The number of hydrogen-bond donors (Lipinski definition) is 1. The Labute approximate surface area is 153 Å². The van der Waals surface area contributed by atoms with Gasteiger partial charge in [-0.25, -0.2) is 9.37 Å². The predicted octanol–water partition coefficient (Wildman–Crippen LogP) is 5.14. The zero-order valence-corrected chi connectivity index (χ0v) is 14.7. The molecule has 1 fully saturated rings. The van der Waals surface area contributed by atoms with Crippen molar-refractivity contribution in [1.82, 2.24) is 9.55 Å². The van der Waals surface area contributed by atoms with Gasteiger partial charge in [0.2, 0.25) is 0 Å². The van der Waals surface area contributed by atoms with Crippen molar-refractivity contribution in [3.63, 3.8) is 0 Å². The summed E-state index contributed by atoms with van der Waals surface area (Å²) in [6.45, 7) is 0.507. The van der Waals surface area contributed by atoms with Crippen molar-refractivity contribution >= 4 is 16.7 Å². The second-order valence-corrected chi connectivity index (χ2v) is 6.81. The third-order valence-electron chi connectivity index (χ3n) is 4.98. The van der Waals surface area contributed by atoms with Crippen LogP contribution in [0.5, 0.6) is 0 Å². The highest BCUT2D eigenvalue weighted by molar-refractivity contribution is 5.77. The molecule has 132 valence electrons. The van der Waals surface area contributed by atoms with Gasteiger partial charge in [-0.2, -0.15) is 0 Å². The first-order valence-electron chi connectivity index (χ1n) is 9.24. The largest absolute Gasteiger partial charge is 0.374 e. The number of aromatic nitrogens is 2. The van der Waals surface area contributed by atoms with Crippen LogP contribution >= 0.6 is 0 Å². The van der Waals surface area contributed by atoms with E-state index in [2.05, 4.69) is 45.0 Å². The molecule has 0 aliphatic heterocycles. The van der Waals surface area contributed by atoms with E-state index in [-0.39, 0.29) is 5.82 Å². The van der Waals surface area contributed by atoms with Crippen molar-refractivity contribution in [2.24, 2.45) is 0 Å². The SMILES string of the molecule is Fc1ccc(NCC#Cc2cnc3c(ccn3C3CCCCC3)c2)cc1. The minimum Gasteiger partial charge on any atom is -0.374 e. The maximum absolute atomic E-state index is 12.9. The maximum atomic E-state index is 12.9. The van der Waals surface area contributed by atoms with Crippen molar-refractivity contribution in [3.05, 3.63) is 60.2 Å². The van der Waals surface area contributed by atoms with Gasteiger partial charge in [0.1, 0.15) is 11.5 Å². The van der Waals surface area contributed by atoms with Crippen LogP contribution in [-0.2, 0) is 0 Å². The van der Waals surface area contributed by atoms with E-state index < -0.39 is 0 Å². The molecule has 0 radical (unpaired) electrons. The monoisotopic (exact) mass is 347 g/mol. The van der Waals surface area contributed by atoms with E-state index in [0.29, 0.717) is 12.6 Å². The molecule has 1 aliphatic carbocycles. The summed E-state index contributed by atoms with van der Waals surface area (Å²) in [4.78, 5) is 4.66. The van der Waals surface area contributed by atoms with E-state index >= 15 is 0 Å². The number of hydrogen-bond acceptors (Lipinski definition) is 2. The summed E-state index contributed by atoms with van der Waals surface area (Å²) in [6.07, 6.45) is 10.5. The lowest BCUT2D eigenvalue weighted by atomic mass is 9.95. The second kappa shape index (κ2) is 7.61. The molecule has 1 N–H and O–H groups in total. The highest BCUT2D eigenvalue weighted by Gasteiger charge is 2.17. The Morgan fingerprint density at radius 3 is 2.73 bits per heavy atom. The molecule has 1 aromatic carbocycles. The number of halogens is 1. The topological polar surface area (TPSA) is 29.9 Å². The molecule has 0 bridgehead atoms. The van der Waals surface area contributed by atoms with Crippen LogP contribution < -0.4 is 5.32 Å². The van der Waals surface area contributed by atoms with Gasteiger partial charge in [-0.15, -0.1) is 0 Å². The predicted molar refractivity (Wildman–Crippen MR) is 104 cm³/mol. The quantitative estimate of drug-likeness (QED) is 0.665. The molecule has 0 amide bonds. The van der Waals surface area contributed by atoms with Crippen molar-refractivity contribution in [3.8, 4) is 11.8 Å².